The standard InChI is InChI=1S/C22H24N4O3/c1-14(2)21(25-19(27)12-16-6-4-5-7-18(16)29-3)17-13-20(28)26-22(24-17)15-8-10-23-11-9-15/h4-11,13-14,21H,12H2,1-3H3,(H,25,27)(H,24,26,28)/t21-/m0/s1. The van der Waals surface area contributed by atoms with E-state index in [1.165, 1.54) is 6.07 Å². The van der Waals surface area contributed by atoms with Crippen LogP contribution in [0.3, 0.4) is 0 Å². The van der Waals surface area contributed by atoms with E-state index in [1.807, 2.05) is 38.1 Å². The van der Waals surface area contributed by atoms with Crippen molar-refractivity contribution in [2.75, 3.05) is 7.11 Å². The molecule has 1 amide bonds. The molecule has 2 aromatic heterocycles. The summed E-state index contributed by atoms with van der Waals surface area (Å²) in [6, 6.07) is 12.0. The fraction of sp³-hybridized carbons (Fsp3) is 0.273. The van der Waals surface area contributed by atoms with Crippen LogP contribution in [-0.2, 0) is 11.2 Å². The molecular formula is C22H24N4O3. The van der Waals surface area contributed by atoms with Gasteiger partial charge in [0.2, 0.25) is 5.91 Å². The molecule has 0 aliphatic heterocycles. The quantitative estimate of drug-likeness (QED) is 0.644. The van der Waals surface area contributed by atoms with Crippen LogP contribution in [0.4, 0.5) is 0 Å². The van der Waals surface area contributed by atoms with Gasteiger partial charge in [-0.1, -0.05) is 32.0 Å². The molecule has 0 saturated carbocycles. The highest BCUT2D eigenvalue weighted by Crippen LogP contribution is 2.23. The SMILES string of the molecule is COc1ccccc1CC(=O)N[C@H](c1cc(=O)[nH]c(-c2ccncc2)n1)C(C)C. The second-order valence-electron chi connectivity index (χ2n) is 7.03. The van der Waals surface area contributed by atoms with Gasteiger partial charge < -0.3 is 15.0 Å². The summed E-state index contributed by atoms with van der Waals surface area (Å²) in [7, 11) is 1.58. The Balaban J connectivity index is 1.86. The number of nitrogens with one attached hydrogen (secondary N) is 2. The lowest BCUT2D eigenvalue weighted by molar-refractivity contribution is -0.121. The molecule has 1 atom stereocenters. The number of methoxy groups -OCH3 is 1. The number of H-pyrrole nitrogens is 1. The van der Waals surface area contributed by atoms with E-state index in [1.54, 1.807) is 31.6 Å². The summed E-state index contributed by atoms with van der Waals surface area (Å²) < 4.78 is 5.32. The normalized spacial score (nSPS) is 11.9. The minimum Gasteiger partial charge on any atom is -0.496 e. The number of aromatic amines is 1. The number of benzene rings is 1. The lowest BCUT2D eigenvalue weighted by atomic mass is 9.99. The van der Waals surface area contributed by atoms with Crippen LogP contribution < -0.4 is 15.6 Å². The first-order valence-corrected chi connectivity index (χ1v) is 9.41. The van der Waals surface area contributed by atoms with Crippen molar-refractivity contribution in [2.24, 2.45) is 5.92 Å². The molecule has 0 unspecified atom stereocenters. The van der Waals surface area contributed by atoms with Gasteiger partial charge in [0, 0.05) is 29.6 Å². The summed E-state index contributed by atoms with van der Waals surface area (Å²) in [6.07, 6.45) is 3.45. The summed E-state index contributed by atoms with van der Waals surface area (Å²) in [5.74, 6) is 0.981. The van der Waals surface area contributed by atoms with Crippen LogP contribution in [0.1, 0.15) is 31.1 Å². The van der Waals surface area contributed by atoms with Gasteiger partial charge in [-0.25, -0.2) is 4.98 Å². The van der Waals surface area contributed by atoms with Gasteiger partial charge in [-0.15, -0.1) is 0 Å². The number of ether oxygens (including phenoxy) is 1. The largest absolute Gasteiger partial charge is 0.496 e. The van der Waals surface area contributed by atoms with E-state index in [2.05, 4.69) is 20.3 Å². The van der Waals surface area contributed by atoms with Gasteiger partial charge in [0.25, 0.3) is 5.56 Å². The Kier molecular flexibility index (Phi) is 6.39. The second-order valence-corrected chi connectivity index (χ2v) is 7.03. The minimum atomic E-state index is -0.403. The smallest absolute Gasteiger partial charge is 0.251 e. The maximum Gasteiger partial charge on any atom is 0.251 e. The zero-order valence-corrected chi connectivity index (χ0v) is 16.7. The molecular weight excluding hydrogens is 368 g/mol. The van der Waals surface area contributed by atoms with Gasteiger partial charge in [0.1, 0.15) is 11.6 Å². The van der Waals surface area contributed by atoms with Gasteiger partial charge in [0.15, 0.2) is 0 Å². The lowest BCUT2D eigenvalue weighted by Crippen LogP contribution is -2.34. The predicted molar refractivity (Wildman–Crippen MR) is 111 cm³/mol. The average molecular weight is 392 g/mol. The molecule has 1 aromatic carbocycles. The molecule has 2 N–H and O–H groups in total. The van der Waals surface area contributed by atoms with Crippen LogP contribution in [0, 0.1) is 5.92 Å². The molecule has 0 radical (unpaired) electrons. The molecule has 29 heavy (non-hydrogen) atoms. The van der Waals surface area contributed by atoms with E-state index >= 15 is 0 Å². The summed E-state index contributed by atoms with van der Waals surface area (Å²) in [4.78, 5) is 36.3. The Hall–Kier alpha value is -3.48. The average Bonchev–Trinajstić information content (AvgIpc) is 2.72. The molecule has 150 valence electrons. The second kappa shape index (κ2) is 9.14. The Bertz CT molecular complexity index is 1030. The van der Waals surface area contributed by atoms with Crippen molar-refractivity contribution < 1.29 is 9.53 Å². The molecule has 3 aromatic rings. The topological polar surface area (TPSA) is 97.0 Å². The molecule has 2 heterocycles. The zero-order chi connectivity index (χ0) is 20.8. The van der Waals surface area contributed by atoms with Crippen molar-refractivity contribution in [2.45, 2.75) is 26.3 Å². The monoisotopic (exact) mass is 392 g/mol. The van der Waals surface area contributed by atoms with Gasteiger partial charge in [0.05, 0.1) is 25.3 Å². The van der Waals surface area contributed by atoms with E-state index < -0.39 is 6.04 Å². The third-order valence-electron chi connectivity index (χ3n) is 4.56. The first-order valence-electron chi connectivity index (χ1n) is 9.41. The van der Waals surface area contributed by atoms with Gasteiger partial charge >= 0.3 is 0 Å². The lowest BCUT2D eigenvalue weighted by Gasteiger charge is -2.22. The molecule has 7 nitrogen and oxygen atoms in total. The predicted octanol–water partition coefficient (Wildman–Crippen LogP) is 2.90. The number of carbonyl (C=O) groups excluding carboxylic acids is 1. The molecule has 3 rings (SSSR count). The summed E-state index contributed by atoms with van der Waals surface area (Å²) in [5.41, 5.74) is 1.79. The van der Waals surface area contributed by atoms with Crippen molar-refractivity contribution in [3.05, 3.63) is 76.5 Å². The highest BCUT2D eigenvalue weighted by molar-refractivity contribution is 5.79. The number of hydrogen-bond donors (Lipinski definition) is 2. The van der Waals surface area contributed by atoms with E-state index in [-0.39, 0.29) is 23.8 Å². The van der Waals surface area contributed by atoms with Crippen molar-refractivity contribution >= 4 is 5.91 Å². The Labute approximate surface area is 169 Å². The summed E-state index contributed by atoms with van der Waals surface area (Å²) >= 11 is 0. The first kappa shape index (κ1) is 20.3. The fourth-order valence-corrected chi connectivity index (χ4v) is 3.11. The molecule has 7 heteroatoms. The number of carbonyl (C=O) groups is 1. The zero-order valence-electron chi connectivity index (χ0n) is 16.7. The maximum absolute atomic E-state index is 12.7. The highest BCUT2D eigenvalue weighted by Gasteiger charge is 2.22. The van der Waals surface area contributed by atoms with E-state index in [4.69, 9.17) is 4.74 Å². The number of hydrogen-bond acceptors (Lipinski definition) is 5. The Morgan fingerprint density at radius 3 is 2.59 bits per heavy atom. The highest BCUT2D eigenvalue weighted by atomic mass is 16.5. The van der Waals surface area contributed by atoms with Gasteiger partial charge in [-0.2, -0.15) is 0 Å². The Morgan fingerprint density at radius 1 is 1.17 bits per heavy atom. The van der Waals surface area contributed by atoms with Crippen LogP contribution in [0.25, 0.3) is 11.4 Å². The maximum atomic E-state index is 12.7. The number of para-hydroxylation sites is 1. The minimum absolute atomic E-state index is 0.0382. The van der Waals surface area contributed by atoms with Crippen LogP contribution in [0.2, 0.25) is 0 Å². The van der Waals surface area contributed by atoms with Crippen LogP contribution in [0.15, 0.2) is 59.7 Å². The Morgan fingerprint density at radius 2 is 1.90 bits per heavy atom. The number of amides is 1. The van der Waals surface area contributed by atoms with Gasteiger partial charge in [-0.05, 0) is 24.1 Å². The van der Waals surface area contributed by atoms with Gasteiger partial charge in [-0.3, -0.25) is 14.6 Å². The third kappa shape index (κ3) is 5.07. The molecule has 0 saturated heterocycles. The number of pyridine rings is 1. The summed E-state index contributed by atoms with van der Waals surface area (Å²) in [6.45, 7) is 3.95. The summed E-state index contributed by atoms with van der Waals surface area (Å²) in [5, 5.41) is 3.02. The molecule has 0 spiro atoms. The fourth-order valence-electron chi connectivity index (χ4n) is 3.11. The van der Waals surface area contributed by atoms with Crippen molar-refractivity contribution in [1.29, 1.82) is 0 Å². The van der Waals surface area contributed by atoms with E-state index in [9.17, 15) is 9.59 Å². The van der Waals surface area contributed by atoms with Crippen LogP contribution in [-0.4, -0.2) is 28.0 Å². The first-order chi connectivity index (χ1) is 14.0. The molecule has 0 fully saturated rings. The van der Waals surface area contributed by atoms with Crippen molar-refractivity contribution in [1.82, 2.24) is 20.3 Å². The number of nitrogens with zero attached hydrogens (tertiary/aromatic N) is 2. The van der Waals surface area contributed by atoms with Crippen LogP contribution in [0.5, 0.6) is 5.75 Å². The van der Waals surface area contributed by atoms with E-state index in [0.717, 1.165) is 11.1 Å². The van der Waals surface area contributed by atoms with Crippen molar-refractivity contribution in [3.63, 3.8) is 0 Å². The van der Waals surface area contributed by atoms with E-state index in [0.29, 0.717) is 17.3 Å². The molecule has 0 bridgehead atoms. The van der Waals surface area contributed by atoms with Crippen LogP contribution >= 0.6 is 0 Å². The third-order valence-corrected chi connectivity index (χ3v) is 4.56. The molecule has 0 aliphatic carbocycles. The molecule has 0 aliphatic rings. The van der Waals surface area contributed by atoms with Crippen molar-refractivity contribution in [3.8, 4) is 17.1 Å². The number of rotatable bonds is 7. The number of aromatic nitrogens is 3.